The van der Waals surface area contributed by atoms with Gasteiger partial charge in [0.2, 0.25) is 0 Å². The molecule has 0 aliphatic heterocycles. The van der Waals surface area contributed by atoms with Crippen LogP contribution in [0.2, 0.25) is 0 Å². The van der Waals surface area contributed by atoms with Crippen molar-refractivity contribution in [3.63, 3.8) is 0 Å². The van der Waals surface area contributed by atoms with Crippen LogP contribution in [-0.2, 0) is 4.45 Å². The van der Waals surface area contributed by atoms with E-state index in [1.807, 2.05) is 0 Å². The van der Waals surface area contributed by atoms with Gasteiger partial charge in [0, 0.05) is 21.7 Å². The van der Waals surface area contributed by atoms with E-state index in [4.69, 9.17) is 0 Å². The number of fused-ring (bicyclic) bond motifs is 3. The van der Waals surface area contributed by atoms with Crippen molar-refractivity contribution in [2.45, 2.75) is 10.9 Å². The Balaban J connectivity index is 2.12. The number of nitrogens with zero attached hydrogens (tertiary/aromatic N) is 1. The molecule has 1 aliphatic carbocycles. The van der Waals surface area contributed by atoms with E-state index in [9.17, 15) is 0 Å². The first-order chi connectivity index (χ1) is 10.6. The number of hydrogen-bond acceptors (Lipinski definition) is 0. The Morgan fingerprint density at radius 1 is 0.955 bits per heavy atom. The van der Waals surface area contributed by atoms with Gasteiger partial charge in [-0.05, 0) is 34.8 Å². The molecule has 3 aromatic rings. The summed E-state index contributed by atoms with van der Waals surface area (Å²) in [4.78, 5) is 0. The van der Waals surface area contributed by atoms with Crippen molar-refractivity contribution in [1.29, 1.82) is 0 Å². The first-order valence-electron chi connectivity index (χ1n) is 7.00. The highest BCUT2D eigenvalue weighted by Crippen LogP contribution is 2.44. The standard InChI is InChI=1S/C18H12Br3N/c19-12-7-8-17-15(10-12)14-5-1-2-6-16(14)22(17)18(21)9-3-4-13(20)11-18/h1-10H,11H2. The highest BCUT2D eigenvalue weighted by molar-refractivity contribution is 9.12. The Labute approximate surface area is 154 Å². The Hall–Kier alpha value is -0.840. The Kier molecular flexibility index (Phi) is 3.59. The molecule has 1 aliphatic rings. The molecule has 0 saturated carbocycles. The van der Waals surface area contributed by atoms with Crippen LogP contribution in [0.25, 0.3) is 21.8 Å². The lowest BCUT2D eigenvalue weighted by Crippen LogP contribution is -2.25. The van der Waals surface area contributed by atoms with E-state index < -0.39 is 0 Å². The average Bonchev–Trinajstić information content (AvgIpc) is 2.81. The second kappa shape index (κ2) is 5.36. The molecule has 0 amide bonds. The summed E-state index contributed by atoms with van der Waals surface area (Å²) >= 11 is 11.2. The minimum atomic E-state index is -0.254. The molecule has 1 heterocycles. The third kappa shape index (κ3) is 2.24. The summed E-state index contributed by atoms with van der Waals surface area (Å²) < 4.78 is 4.42. The van der Waals surface area contributed by atoms with E-state index in [0.717, 1.165) is 10.9 Å². The van der Waals surface area contributed by atoms with Gasteiger partial charge in [0.15, 0.2) is 0 Å². The molecule has 110 valence electrons. The SMILES string of the molecule is BrC1=CC=CC(Br)(n2c3ccccc3c3cc(Br)ccc32)C1. The number of halogens is 3. The number of aromatic nitrogens is 1. The zero-order valence-corrected chi connectivity index (χ0v) is 16.3. The molecule has 0 N–H and O–H groups in total. The van der Waals surface area contributed by atoms with Crippen LogP contribution in [0.5, 0.6) is 0 Å². The van der Waals surface area contributed by atoms with E-state index in [0.29, 0.717) is 0 Å². The lowest BCUT2D eigenvalue weighted by molar-refractivity contribution is 0.594. The van der Waals surface area contributed by atoms with Gasteiger partial charge in [-0.25, -0.2) is 0 Å². The molecule has 0 spiro atoms. The summed E-state index contributed by atoms with van der Waals surface area (Å²) in [5, 5.41) is 2.54. The first kappa shape index (κ1) is 14.7. The zero-order valence-electron chi connectivity index (χ0n) is 11.6. The van der Waals surface area contributed by atoms with Gasteiger partial charge in [-0.15, -0.1) is 0 Å². The van der Waals surface area contributed by atoms with Gasteiger partial charge in [0.05, 0.1) is 11.0 Å². The Morgan fingerprint density at radius 3 is 2.55 bits per heavy atom. The van der Waals surface area contributed by atoms with Crippen molar-refractivity contribution in [3.05, 3.63) is 69.6 Å². The molecule has 1 unspecified atom stereocenters. The third-order valence-electron chi connectivity index (χ3n) is 4.05. The average molecular weight is 482 g/mol. The van der Waals surface area contributed by atoms with E-state index in [1.54, 1.807) is 0 Å². The molecule has 4 rings (SSSR count). The number of hydrogen-bond donors (Lipinski definition) is 0. The number of allylic oxidation sites excluding steroid dienone is 4. The Morgan fingerprint density at radius 2 is 1.73 bits per heavy atom. The summed E-state index contributed by atoms with van der Waals surface area (Å²) in [6.45, 7) is 0. The first-order valence-corrected chi connectivity index (χ1v) is 9.38. The van der Waals surface area contributed by atoms with Crippen molar-refractivity contribution >= 4 is 69.6 Å². The summed E-state index contributed by atoms with van der Waals surface area (Å²) in [5.74, 6) is 0. The lowest BCUT2D eigenvalue weighted by Gasteiger charge is -2.30. The van der Waals surface area contributed by atoms with Crippen LogP contribution in [0.1, 0.15) is 6.42 Å². The topological polar surface area (TPSA) is 4.93 Å². The van der Waals surface area contributed by atoms with Gasteiger partial charge in [-0.1, -0.05) is 78.1 Å². The fraction of sp³-hybridized carbons (Fsp3) is 0.111. The molecule has 1 aromatic heterocycles. The number of alkyl halides is 1. The van der Waals surface area contributed by atoms with E-state index in [2.05, 4.69) is 113 Å². The normalized spacial score (nSPS) is 21.5. The second-order valence-electron chi connectivity index (χ2n) is 5.48. The number of benzene rings is 2. The third-order valence-corrected chi connectivity index (χ3v) is 5.99. The molecule has 0 fully saturated rings. The fourth-order valence-corrected chi connectivity index (χ4v) is 5.31. The van der Waals surface area contributed by atoms with Gasteiger partial charge >= 0.3 is 0 Å². The van der Waals surface area contributed by atoms with Crippen LogP contribution >= 0.6 is 47.8 Å². The smallest absolute Gasteiger partial charge is 0.123 e. The molecule has 22 heavy (non-hydrogen) atoms. The molecule has 2 aromatic carbocycles. The van der Waals surface area contributed by atoms with E-state index in [1.165, 1.54) is 26.3 Å². The highest BCUT2D eigenvalue weighted by atomic mass is 79.9. The number of rotatable bonds is 1. The molecule has 1 nitrogen and oxygen atoms in total. The monoisotopic (exact) mass is 479 g/mol. The van der Waals surface area contributed by atoms with Crippen LogP contribution in [-0.4, -0.2) is 4.57 Å². The van der Waals surface area contributed by atoms with Crippen LogP contribution in [0.4, 0.5) is 0 Å². The summed E-state index contributed by atoms with van der Waals surface area (Å²) in [6, 6.07) is 15.1. The van der Waals surface area contributed by atoms with Crippen molar-refractivity contribution in [2.24, 2.45) is 0 Å². The van der Waals surface area contributed by atoms with Gasteiger partial charge in [-0.2, -0.15) is 0 Å². The van der Waals surface area contributed by atoms with E-state index >= 15 is 0 Å². The second-order valence-corrected chi connectivity index (χ2v) is 8.79. The van der Waals surface area contributed by atoms with Crippen LogP contribution < -0.4 is 0 Å². The molecule has 0 bridgehead atoms. The largest absolute Gasteiger partial charge is 0.321 e. The molecular weight excluding hydrogens is 470 g/mol. The minimum Gasteiger partial charge on any atom is -0.321 e. The fourth-order valence-electron chi connectivity index (χ4n) is 3.15. The molecular formula is C18H12Br3N. The highest BCUT2D eigenvalue weighted by Gasteiger charge is 2.31. The number of para-hydroxylation sites is 1. The van der Waals surface area contributed by atoms with Gasteiger partial charge in [0.25, 0.3) is 0 Å². The zero-order chi connectivity index (χ0) is 15.3. The van der Waals surface area contributed by atoms with Crippen molar-refractivity contribution < 1.29 is 0 Å². The van der Waals surface area contributed by atoms with Crippen LogP contribution in [0.3, 0.4) is 0 Å². The van der Waals surface area contributed by atoms with Crippen LogP contribution in [0, 0.1) is 0 Å². The summed E-state index contributed by atoms with van der Waals surface area (Å²) in [6.07, 6.45) is 7.30. The van der Waals surface area contributed by atoms with Crippen LogP contribution in [0.15, 0.2) is 69.6 Å². The predicted octanol–water partition coefficient (Wildman–Crippen LogP) is 6.84. The van der Waals surface area contributed by atoms with Gasteiger partial charge in [0.1, 0.15) is 4.45 Å². The maximum atomic E-state index is 3.98. The maximum Gasteiger partial charge on any atom is 0.123 e. The van der Waals surface area contributed by atoms with Gasteiger partial charge in [-0.3, -0.25) is 0 Å². The lowest BCUT2D eigenvalue weighted by atomic mass is 10.1. The van der Waals surface area contributed by atoms with Crippen molar-refractivity contribution in [1.82, 2.24) is 4.57 Å². The van der Waals surface area contributed by atoms with Gasteiger partial charge < -0.3 is 4.57 Å². The summed E-state index contributed by atoms with van der Waals surface area (Å²) in [5.41, 5.74) is 2.47. The van der Waals surface area contributed by atoms with Crippen molar-refractivity contribution in [3.8, 4) is 0 Å². The van der Waals surface area contributed by atoms with Crippen molar-refractivity contribution in [2.75, 3.05) is 0 Å². The van der Waals surface area contributed by atoms with E-state index in [-0.39, 0.29) is 4.45 Å². The maximum absolute atomic E-state index is 3.98. The predicted molar refractivity (Wildman–Crippen MR) is 105 cm³/mol. The molecule has 4 heteroatoms. The Bertz CT molecular complexity index is 952. The quantitative estimate of drug-likeness (QED) is 0.335. The molecule has 1 atom stereocenters. The molecule has 0 saturated heterocycles. The molecule has 0 radical (unpaired) electrons. The summed E-state index contributed by atoms with van der Waals surface area (Å²) in [7, 11) is 0. The minimum absolute atomic E-state index is 0.254.